The summed E-state index contributed by atoms with van der Waals surface area (Å²) in [6, 6.07) is 8.68. The molecule has 7 nitrogen and oxygen atoms in total. The van der Waals surface area contributed by atoms with Gasteiger partial charge in [0.15, 0.2) is 0 Å². The number of ether oxygens (including phenoxy) is 2. The molecular formula is C22H29ClN4O3S. The number of nitrogens with zero attached hydrogens (tertiary/aromatic N) is 3. The highest BCUT2D eigenvalue weighted by Crippen LogP contribution is 2.30. The monoisotopic (exact) mass is 464 g/mol. The zero-order valence-corrected chi connectivity index (χ0v) is 19.7. The maximum absolute atomic E-state index is 13.2. The van der Waals surface area contributed by atoms with Crippen LogP contribution in [0.4, 0.5) is 5.95 Å². The minimum absolute atomic E-state index is 0.0597. The second-order valence-corrected chi connectivity index (χ2v) is 9.41. The minimum atomic E-state index is -0.637. The lowest BCUT2D eigenvalue weighted by Crippen LogP contribution is -2.48. The lowest BCUT2D eigenvalue weighted by molar-refractivity contribution is -0.120. The molecule has 9 heteroatoms. The summed E-state index contributed by atoms with van der Waals surface area (Å²) in [6.07, 6.45) is 2.38. The molecule has 1 unspecified atom stereocenters. The van der Waals surface area contributed by atoms with E-state index in [2.05, 4.69) is 9.97 Å². The molecule has 0 aliphatic carbocycles. The highest BCUT2D eigenvalue weighted by atomic mass is 35.5. The number of amides is 1. The third-order valence-corrected chi connectivity index (χ3v) is 6.02. The molecule has 3 rings (SSSR count). The number of nitrogens with two attached hydrogens (primary N) is 1. The van der Waals surface area contributed by atoms with E-state index >= 15 is 0 Å². The molecule has 0 bridgehead atoms. The largest absolute Gasteiger partial charge is 0.497 e. The number of benzene rings is 1. The van der Waals surface area contributed by atoms with Crippen molar-refractivity contribution < 1.29 is 14.3 Å². The van der Waals surface area contributed by atoms with Gasteiger partial charge in [0.2, 0.25) is 11.9 Å². The fourth-order valence-corrected chi connectivity index (χ4v) is 4.45. The standard InChI is InChI=1S/C22H29ClN4O3S/c1-14(2)11-18(24)21(28)27(13-16-5-4-10-30-16)22-25-19(23)12-20(26-22)31-17-8-6-15(29-3)7-9-17/h6-9,12,14,16,18H,4-5,10-11,13,24H2,1-3H3/t16?,18-/m0/s1. The third kappa shape index (κ3) is 6.80. The predicted octanol–water partition coefficient (Wildman–Crippen LogP) is 4.18. The zero-order chi connectivity index (χ0) is 22.4. The average molecular weight is 465 g/mol. The molecule has 1 aromatic heterocycles. The van der Waals surface area contributed by atoms with Crippen molar-refractivity contribution in [1.29, 1.82) is 0 Å². The number of hydrogen-bond donors (Lipinski definition) is 1. The van der Waals surface area contributed by atoms with Gasteiger partial charge in [-0.1, -0.05) is 37.2 Å². The highest BCUT2D eigenvalue weighted by Gasteiger charge is 2.30. The summed E-state index contributed by atoms with van der Waals surface area (Å²) < 4.78 is 11.0. The molecule has 31 heavy (non-hydrogen) atoms. The number of carbonyl (C=O) groups is 1. The molecule has 1 saturated heterocycles. The first-order valence-corrected chi connectivity index (χ1v) is 11.6. The topological polar surface area (TPSA) is 90.6 Å². The van der Waals surface area contributed by atoms with Crippen LogP contribution in [0.15, 0.2) is 40.3 Å². The summed E-state index contributed by atoms with van der Waals surface area (Å²) in [7, 11) is 1.63. The Morgan fingerprint density at radius 3 is 2.71 bits per heavy atom. The minimum Gasteiger partial charge on any atom is -0.497 e. The third-order valence-electron chi connectivity index (χ3n) is 4.90. The SMILES string of the molecule is COc1ccc(Sc2cc(Cl)nc(N(CC3CCCO3)C(=O)[C@@H](N)CC(C)C)n2)cc1. The van der Waals surface area contributed by atoms with Gasteiger partial charge in [-0.05, 0) is 49.4 Å². The Morgan fingerprint density at radius 2 is 2.10 bits per heavy atom. The second kappa shape index (κ2) is 11.1. The Morgan fingerprint density at radius 1 is 1.35 bits per heavy atom. The van der Waals surface area contributed by atoms with Crippen LogP contribution in [0.3, 0.4) is 0 Å². The van der Waals surface area contributed by atoms with Crippen molar-refractivity contribution in [2.45, 2.75) is 55.2 Å². The summed E-state index contributed by atoms with van der Waals surface area (Å²) in [5.41, 5.74) is 6.22. The van der Waals surface area contributed by atoms with Crippen molar-refractivity contribution in [2.75, 3.05) is 25.2 Å². The number of methoxy groups -OCH3 is 1. The van der Waals surface area contributed by atoms with Crippen LogP contribution < -0.4 is 15.4 Å². The van der Waals surface area contributed by atoms with Crippen LogP contribution in [0.2, 0.25) is 5.15 Å². The van der Waals surface area contributed by atoms with E-state index in [1.54, 1.807) is 13.2 Å². The van der Waals surface area contributed by atoms with Crippen molar-refractivity contribution in [1.82, 2.24) is 9.97 Å². The number of rotatable bonds is 9. The van der Waals surface area contributed by atoms with E-state index in [4.69, 9.17) is 26.8 Å². The van der Waals surface area contributed by atoms with Crippen LogP contribution in [0.1, 0.15) is 33.1 Å². The van der Waals surface area contributed by atoms with E-state index < -0.39 is 6.04 Å². The second-order valence-electron chi connectivity index (χ2n) is 7.93. The Labute approximate surface area is 192 Å². The Hall–Kier alpha value is -1.87. The Bertz CT molecular complexity index is 876. The number of halogens is 1. The van der Waals surface area contributed by atoms with Gasteiger partial charge in [0.1, 0.15) is 15.9 Å². The van der Waals surface area contributed by atoms with Gasteiger partial charge in [-0.3, -0.25) is 9.69 Å². The van der Waals surface area contributed by atoms with Crippen molar-refractivity contribution in [2.24, 2.45) is 11.7 Å². The van der Waals surface area contributed by atoms with Gasteiger partial charge in [0, 0.05) is 17.6 Å². The van der Waals surface area contributed by atoms with Crippen LogP contribution in [0.25, 0.3) is 0 Å². The van der Waals surface area contributed by atoms with Crippen LogP contribution >= 0.6 is 23.4 Å². The van der Waals surface area contributed by atoms with Gasteiger partial charge in [-0.25, -0.2) is 9.97 Å². The van der Waals surface area contributed by atoms with Gasteiger partial charge >= 0.3 is 0 Å². The number of carbonyl (C=O) groups excluding carboxylic acids is 1. The lowest BCUT2D eigenvalue weighted by Gasteiger charge is -2.27. The number of aromatic nitrogens is 2. The van der Waals surface area contributed by atoms with Gasteiger partial charge in [-0.2, -0.15) is 0 Å². The lowest BCUT2D eigenvalue weighted by atomic mass is 10.0. The van der Waals surface area contributed by atoms with Crippen LogP contribution in [-0.4, -0.2) is 48.3 Å². The molecule has 0 radical (unpaired) electrons. The molecule has 2 N–H and O–H groups in total. The van der Waals surface area contributed by atoms with E-state index in [1.165, 1.54) is 16.7 Å². The molecule has 1 aromatic carbocycles. The summed E-state index contributed by atoms with van der Waals surface area (Å²) in [5, 5.41) is 0.909. The van der Waals surface area contributed by atoms with E-state index in [-0.39, 0.29) is 23.1 Å². The summed E-state index contributed by atoms with van der Waals surface area (Å²) in [5.74, 6) is 1.11. The van der Waals surface area contributed by atoms with Crippen LogP contribution in [-0.2, 0) is 9.53 Å². The van der Waals surface area contributed by atoms with Gasteiger partial charge in [0.05, 0.1) is 25.8 Å². The maximum atomic E-state index is 13.2. The predicted molar refractivity (Wildman–Crippen MR) is 123 cm³/mol. The molecule has 1 fully saturated rings. The number of anilines is 1. The molecule has 2 atom stereocenters. The van der Waals surface area contributed by atoms with E-state index in [1.807, 2.05) is 38.1 Å². The van der Waals surface area contributed by atoms with E-state index in [0.29, 0.717) is 30.5 Å². The van der Waals surface area contributed by atoms with E-state index in [0.717, 1.165) is 23.5 Å². The van der Waals surface area contributed by atoms with Crippen molar-refractivity contribution in [3.8, 4) is 5.75 Å². The van der Waals surface area contributed by atoms with Crippen LogP contribution in [0.5, 0.6) is 5.75 Å². The van der Waals surface area contributed by atoms with Crippen molar-refractivity contribution in [3.05, 3.63) is 35.5 Å². The average Bonchev–Trinajstić information content (AvgIpc) is 3.24. The molecule has 1 aliphatic rings. The maximum Gasteiger partial charge on any atom is 0.246 e. The highest BCUT2D eigenvalue weighted by molar-refractivity contribution is 7.99. The molecule has 2 aromatic rings. The van der Waals surface area contributed by atoms with Crippen molar-refractivity contribution >= 4 is 35.2 Å². The molecule has 1 aliphatic heterocycles. The zero-order valence-electron chi connectivity index (χ0n) is 18.1. The first-order valence-electron chi connectivity index (χ1n) is 10.4. The van der Waals surface area contributed by atoms with Crippen molar-refractivity contribution in [3.63, 3.8) is 0 Å². The number of hydrogen-bond acceptors (Lipinski definition) is 7. The van der Waals surface area contributed by atoms with Gasteiger partial charge < -0.3 is 15.2 Å². The van der Waals surface area contributed by atoms with Crippen LogP contribution in [0, 0.1) is 5.92 Å². The van der Waals surface area contributed by atoms with Gasteiger partial charge in [-0.15, -0.1) is 0 Å². The Balaban J connectivity index is 1.86. The molecule has 0 spiro atoms. The first kappa shape index (κ1) is 23.8. The summed E-state index contributed by atoms with van der Waals surface area (Å²) >= 11 is 7.74. The van der Waals surface area contributed by atoms with E-state index in [9.17, 15) is 4.79 Å². The normalized spacial score (nSPS) is 17.0. The molecule has 1 amide bonds. The Kier molecular flexibility index (Phi) is 8.54. The molecule has 2 heterocycles. The molecular weight excluding hydrogens is 436 g/mol. The quantitative estimate of drug-likeness (QED) is 0.556. The molecule has 0 saturated carbocycles. The first-order chi connectivity index (χ1) is 14.9. The fraction of sp³-hybridized carbons (Fsp3) is 0.500. The summed E-state index contributed by atoms with van der Waals surface area (Å²) in [4.78, 5) is 24.7. The smallest absolute Gasteiger partial charge is 0.246 e. The fourth-order valence-electron chi connectivity index (χ4n) is 3.39. The summed E-state index contributed by atoms with van der Waals surface area (Å²) in [6.45, 7) is 5.13. The molecule has 168 valence electrons. The van der Waals surface area contributed by atoms with Gasteiger partial charge in [0.25, 0.3) is 0 Å².